The number of primary amides is 1. The van der Waals surface area contributed by atoms with Gasteiger partial charge in [-0.1, -0.05) is 30.3 Å². The normalized spacial score (nSPS) is 9.19. The van der Waals surface area contributed by atoms with Crippen molar-refractivity contribution in [2.75, 3.05) is 0 Å². The number of carbonyl (C=O) groups is 2. The lowest BCUT2D eigenvalue weighted by atomic mass is 10.2. The van der Waals surface area contributed by atoms with Crippen LogP contribution in [0.25, 0.3) is 0 Å². The Bertz CT molecular complexity index is 423. The molecule has 1 aromatic carbocycles. The van der Waals surface area contributed by atoms with Crippen molar-refractivity contribution in [3.8, 4) is 6.07 Å². The van der Waals surface area contributed by atoms with Crippen molar-refractivity contribution in [3.05, 3.63) is 35.9 Å². The molecule has 0 unspecified atom stereocenters. The van der Waals surface area contributed by atoms with E-state index in [4.69, 9.17) is 11.0 Å². The number of nitrogens with zero attached hydrogens (tertiary/aromatic N) is 2. The summed E-state index contributed by atoms with van der Waals surface area (Å²) in [6.07, 6.45) is -0.351. The van der Waals surface area contributed by atoms with Gasteiger partial charge in [-0.15, -0.1) is 0 Å². The van der Waals surface area contributed by atoms with E-state index in [0.717, 1.165) is 10.5 Å². The van der Waals surface area contributed by atoms with Crippen LogP contribution in [-0.2, 0) is 11.3 Å². The molecule has 0 aliphatic carbocycles. The van der Waals surface area contributed by atoms with Gasteiger partial charge in [0.05, 0.1) is 12.6 Å². The third-order valence-corrected chi connectivity index (χ3v) is 1.98. The number of nitriles is 1. The van der Waals surface area contributed by atoms with Crippen molar-refractivity contribution < 1.29 is 9.59 Å². The first-order valence-corrected chi connectivity index (χ1v) is 4.66. The topological polar surface area (TPSA) is 87.2 Å². The van der Waals surface area contributed by atoms with E-state index >= 15 is 0 Å². The molecule has 1 aromatic rings. The Morgan fingerprint density at radius 1 is 1.31 bits per heavy atom. The number of hydrogen-bond acceptors (Lipinski definition) is 3. The molecule has 0 spiro atoms. The highest BCUT2D eigenvalue weighted by atomic mass is 16.2. The van der Waals surface area contributed by atoms with E-state index in [9.17, 15) is 9.59 Å². The Kier molecular flexibility index (Phi) is 4.04. The maximum Gasteiger partial charge on any atom is 0.321 e. The van der Waals surface area contributed by atoms with Crippen molar-refractivity contribution in [3.63, 3.8) is 0 Å². The molecule has 82 valence electrons. The fourth-order valence-electron chi connectivity index (χ4n) is 1.22. The molecule has 0 saturated carbocycles. The molecule has 0 aliphatic heterocycles. The summed E-state index contributed by atoms with van der Waals surface area (Å²) in [6, 6.07) is 9.81. The van der Waals surface area contributed by atoms with Crippen LogP contribution < -0.4 is 5.73 Å². The number of nitrogens with two attached hydrogens (primary N) is 1. The van der Waals surface area contributed by atoms with Crippen molar-refractivity contribution >= 4 is 11.9 Å². The van der Waals surface area contributed by atoms with Crippen LogP contribution in [0.15, 0.2) is 30.3 Å². The molecule has 5 nitrogen and oxygen atoms in total. The van der Waals surface area contributed by atoms with Crippen LogP contribution in [0.1, 0.15) is 12.0 Å². The van der Waals surface area contributed by atoms with E-state index in [1.54, 1.807) is 30.3 Å². The van der Waals surface area contributed by atoms with E-state index in [1.165, 1.54) is 0 Å². The van der Waals surface area contributed by atoms with Gasteiger partial charge in [-0.2, -0.15) is 5.26 Å². The monoisotopic (exact) mass is 217 g/mol. The predicted octanol–water partition coefficient (Wildman–Crippen LogP) is 1.01. The van der Waals surface area contributed by atoms with Crippen LogP contribution in [0.2, 0.25) is 0 Å². The van der Waals surface area contributed by atoms with Gasteiger partial charge >= 0.3 is 6.03 Å². The largest absolute Gasteiger partial charge is 0.351 e. The Hall–Kier alpha value is -2.35. The minimum atomic E-state index is -0.843. The molecule has 0 saturated heterocycles. The Labute approximate surface area is 93.1 Å². The molecular weight excluding hydrogens is 206 g/mol. The van der Waals surface area contributed by atoms with Crippen molar-refractivity contribution in [2.45, 2.75) is 13.0 Å². The summed E-state index contributed by atoms with van der Waals surface area (Å²) in [6.45, 7) is 0.0939. The number of benzene rings is 1. The van der Waals surface area contributed by atoms with Gasteiger partial charge in [0.15, 0.2) is 0 Å². The number of hydrogen-bond donors (Lipinski definition) is 1. The number of urea groups is 1. The fraction of sp³-hybridized carbons (Fsp3) is 0.182. The van der Waals surface area contributed by atoms with Gasteiger partial charge in [-0.3, -0.25) is 9.69 Å². The van der Waals surface area contributed by atoms with Gasteiger partial charge < -0.3 is 5.73 Å². The predicted molar refractivity (Wildman–Crippen MR) is 56.8 cm³/mol. The standard InChI is InChI=1S/C11H11N3O2/c12-7-6-10(15)14(11(13)16)8-9-4-2-1-3-5-9/h1-5H,6,8H2,(H2,13,16). The van der Waals surface area contributed by atoms with Crippen molar-refractivity contribution in [2.24, 2.45) is 5.73 Å². The summed E-state index contributed by atoms with van der Waals surface area (Å²) in [5.74, 6) is -0.584. The van der Waals surface area contributed by atoms with Gasteiger partial charge in [-0.05, 0) is 5.56 Å². The summed E-state index contributed by atoms with van der Waals surface area (Å²) < 4.78 is 0. The van der Waals surface area contributed by atoms with Crippen molar-refractivity contribution in [1.29, 1.82) is 5.26 Å². The highest BCUT2D eigenvalue weighted by Crippen LogP contribution is 2.05. The van der Waals surface area contributed by atoms with Crippen LogP contribution >= 0.6 is 0 Å². The zero-order chi connectivity index (χ0) is 12.0. The first-order valence-electron chi connectivity index (χ1n) is 4.66. The third kappa shape index (κ3) is 3.10. The maximum absolute atomic E-state index is 11.4. The van der Waals surface area contributed by atoms with Gasteiger partial charge in [0.2, 0.25) is 5.91 Å². The fourth-order valence-corrected chi connectivity index (χ4v) is 1.22. The van der Waals surface area contributed by atoms with E-state index in [1.807, 2.05) is 6.07 Å². The quantitative estimate of drug-likeness (QED) is 0.819. The van der Waals surface area contributed by atoms with E-state index in [0.29, 0.717) is 0 Å². The summed E-state index contributed by atoms with van der Waals surface area (Å²) in [4.78, 5) is 23.3. The molecule has 0 aliphatic rings. The number of rotatable bonds is 3. The molecule has 2 N–H and O–H groups in total. The molecule has 0 bridgehead atoms. The van der Waals surface area contributed by atoms with Crippen LogP contribution in [0.5, 0.6) is 0 Å². The van der Waals surface area contributed by atoms with Crippen LogP contribution in [0, 0.1) is 11.3 Å². The van der Waals surface area contributed by atoms with Gasteiger partial charge in [0.1, 0.15) is 6.42 Å². The van der Waals surface area contributed by atoms with Crippen molar-refractivity contribution in [1.82, 2.24) is 4.90 Å². The van der Waals surface area contributed by atoms with Gasteiger partial charge in [0.25, 0.3) is 0 Å². The zero-order valence-corrected chi connectivity index (χ0v) is 8.59. The van der Waals surface area contributed by atoms with E-state index in [2.05, 4.69) is 0 Å². The average Bonchev–Trinajstić information content (AvgIpc) is 2.27. The summed E-state index contributed by atoms with van der Waals surface area (Å²) in [7, 11) is 0. The number of carbonyl (C=O) groups excluding carboxylic acids is 2. The van der Waals surface area contributed by atoms with Crippen LogP contribution in [-0.4, -0.2) is 16.8 Å². The second kappa shape index (κ2) is 5.51. The first kappa shape index (κ1) is 11.7. The molecular formula is C11H11N3O2. The number of amides is 3. The first-order chi connectivity index (χ1) is 7.65. The molecule has 1 rings (SSSR count). The third-order valence-electron chi connectivity index (χ3n) is 1.98. The van der Waals surface area contributed by atoms with E-state index < -0.39 is 11.9 Å². The molecule has 0 fully saturated rings. The second-order valence-electron chi connectivity index (χ2n) is 3.14. The Morgan fingerprint density at radius 2 is 1.94 bits per heavy atom. The highest BCUT2D eigenvalue weighted by Gasteiger charge is 2.18. The van der Waals surface area contributed by atoms with Crippen LogP contribution in [0.4, 0.5) is 4.79 Å². The SMILES string of the molecule is N#CCC(=O)N(Cc1ccccc1)C(N)=O. The maximum atomic E-state index is 11.4. The zero-order valence-electron chi connectivity index (χ0n) is 8.59. The lowest BCUT2D eigenvalue weighted by Crippen LogP contribution is -2.39. The van der Waals surface area contributed by atoms with Gasteiger partial charge in [0, 0.05) is 0 Å². The summed E-state index contributed by atoms with van der Waals surface area (Å²) >= 11 is 0. The molecule has 0 radical (unpaired) electrons. The average molecular weight is 217 g/mol. The Balaban J connectivity index is 2.78. The molecule has 0 aromatic heterocycles. The number of imide groups is 1. The molecule has 5 heteroatoms. The summed E-state index contributed by atoms with van der Waals surface area (Å²) in [5, 5.41) is 8.38. The summed E-state index contributed by atoms with van der Waals surface area (Å²) in [5.41, 5.74) is 5.86. The lowest BCUT2D eigenvalue weighted by molar-refractivity contribution is -0.127. The van der Waals surface area contributed by atoms with Gasteiger partial charge in [-0.25, -0.2) is 4.79 Å². The highest BCUT2D eigenvalue weighted by molar-refractivity contribution is 5.94. The molecule has 16 heavy (non-hydrogen) atoms. The Morgan fingerprint density at radius 3 is 2.44 bits per heavy atom. The lowest BCUT2D eigenvalue weighted by Gasteiger charge is -2.16. The van der Waals surface area contributed by atoms with Crippen LogP contribution in [0.3, 0.4) is 0 Å². The smallest absolute Gasteiger partial charge is 0.321 e. The molecule has 0 atom stereocenters. The minimum Gasteiger partial charge on any atom is -0.351 e. The second-order valence-corrected chi connectivity index (χ2v) is 3.14. The molecule has 0 heterocycles. The minimum absolute atomic E-state index is 0.0939. The van der Waals surface area contributed by atoms with E-state index in [-0.39, 0.29) is 13.0 Å². The molecule has 3 amide bonds.